The number of pyridine rings is 1. The van der Waals surface area contributed by atoms with Crippen LogP contribution in [-0.4, -0.2) is 26.3 Å². The van der Waals surface area contributed by atoms with E-state index >= 15 is 0 Å². The van der Waals surface area contributed by atoms with Crippen molar-refractivity contribution in [3.63, 3.8) is 0 Å². The number of ether oxygens (including phenoxy) is 1. The molecule has 4 N–H and O–H groups in total. The minimum atomic E-state index is -0.599. The zero-order chi connectivity index (χ0) is 24.1. The van der Waals surface area contributed by atoms with Crippen LogP contribution in [0.3, 0.4) is 0 Å². The number of nitrogen functional groups attached to an aromatic ring is 1. The Kier molecular flexibility index (Phi) is 6.74. The molecule has 0 saturated heterocycles. The maximum absolute atomic E-state index is 12.8. The molecule has 9 heteroatoms. The minimum absolute atomic E-state index is 0.127. The molecule has 4 rings (SSSR count). The molecule has 0 atom stereocenters. The average molecular weight is 471 g/mol. The molecule has 8 nitrogen and oxygen atoms in total. The first-order chi connectivity index (χ1) is 16.4. The van der Waals surface area contributed by atoms with Gasteiger partial charge in [0, 0.05) is 11.3 Å². The normalized spacial score (nSPS) is 10.4. The van der Waals surface area contributed by atoms with Crippen LogP contribution in [-0.2, 0) is 0 Å². The van der Waals surface area contributed by atoms with Gasteiger partial charge in [-0.3, -0.25) is 0 Å². The van der Waals surface area contributed by atoms with Crippen LogP contribution < -0.4 is 21.1 Å². The number of carbonyl (C=O) groups excluding carboxylic acids is 1. The molecule has 0 amide bonds. The summed E-state index contributed by atoms with van der Waals surface area (Å²) >= 11 is 5.41. The third kappa shape index (κ3) is 5.33. The summed E-state index contributed by atoms with van der Waals surface area (Å²) in [5, 5.41) is 14.7. The molecule has 2 aromatic carbocycles. The topological polar surface area (TPSA) is 115 Å². The Morgan fingerprint density at radius 2 is 1.68 bits per heavy atom. The van der Waals surface area contributed by atoms with E-state index in [-0.39, 0.29) is 16.5 Å². The summed E-state index contributed by atoms with van der Waals surface area (Å²) in [4.78, 5) is 17.0. The van der Waals surface area contributed by atoms with E-state index in [2.05, 4.69) is 25.8 Å². The average Bonchev–Trinajstić information content (AvgIpc) is 2.81. The fourth-order valence-electron chi connectivity index (χ4n) is 3.37. The van der Waals surface area contributed by atoms with Crippen molar-refractivity contribution < 1.29 is 9.53 Å². The predicted molar refractivity (Wildman–Crippen MR) is 137 cm³/mol. The Bertz CT molecular complexity index is 1320. The molecule has 0 aliphatic heterocycles. The van der Waals surface area contributed by atoms with Crippen molar-refractivity contribution in [1.29, 1.82) is 0 Å². The Labute approximate surface area is 202 Å². The number of hydrogen-bond acceptors (Lipinski definition) is 7. The van der Waals surface area contributed by atoms with Crippen molar-refractivity contribution in [2.45, 2.75) is 13.8 Å². The monoisotopic (exact) mass is 470 g/mol. The Hall–Kier alpha value is -4.37. The predicted octanol–water partition coefficient (Wildman–Crippen LogP) is 4.77. The van der Waals surface area contributed by atoms with E-state index in [4.69, 9.17) is 22.7 Å². The van der Waals surface area contributed by atoms with Crippen LogP contribution in [0.15, 0.2) is 72.8 Å². The van der Waals surface area contributed by atoms with Crippen LogP contribution >= 0.6 is 12.2 Å². The van der Waals surface area contributed by atoms with Crippen molar-refractivity contribution in [3.05, 3.63) is 89.6 Å². The number of thiocarbonyl (C=S) groups is 1. The van der Waals surface area contributed by atoms with Gasteiger partial charge in [0.25, 0.3) is 0 Å². The summed E-state index contributed by atoms with van der Waals surface area (Å²) in [6, 6.07) is 22.1. The lowest BCUT2D eigenvalue weighted by Gasteiger charge is -2.15. The lowest BCUT2D eigenvalue weighted by molar-refractivity contribution is 0.0736. The van der Waals surface area contributed by atoms with Crippen molar-refractivity contribution in [1.82, 2.24) is 15.2 Å². The number of para-hydroxylation sites is 2. The van der Waals surface area contributed by atoms with E-state index in [1.807, 2.05) is 43.3 Å². The lowest BCUT2D eigenvalue weighted by atomic mass is 10.1. The molecule has 2 aromatic heterocycles. The first-order valence-corrected chi connectivity index (χ1v) is 10.8. The molecular formula is C25H22N6O2S. The fraction of sp³-hybridized carbons (Fsp3) is 0.0800. The van der Waals surface area contributed by atoms with E-state index < -0.39 is 5.97 Å². The van der Waals surface area contributed by atoms with Crippen LogP contribution in [0.25, 0.3) is 11.3 Å². The van der Waals surface area contributed by atoms with Crippen LogP contribution in [0.5, 0.6) is 5.75 Å². The van der Waals surface area contributed by atoms with Gasteiger partial charge in [0.1, 0.15) is 11.4 Å². The molecule has 0 aliphatic carbocycles. The van der Waals surface area contributed by atoms with Crippen LogP contribution in [0.2, 0.25) is 0 Å². The Morgan fingerprint density at radius 1 is 0.941 bits per heavy atom. The van der Waals surface area contributed by atoms with Gasteiger partial charge < -0.3 is 21.1 Å². The summed E-state index contributed by atoms with van der Waals surface area (Å²) in [5.74, 6) is 0.294. The van der Waals surface area contributed by atoms with E-state index in [0.29, 0.717) is 22.8 Å². The van der Waals surface area contributed by atoms with Gasteiger partial charge in [-0.15, -0.1) is 10.2 Å². The van der Waals surface area contributed by atoms with Gasteiger partial charge in [-0.25, -0.2) is 9.78 Å². The number of hydrogen-bond donors (Lipinski definition) is 3. The largest absolute Gasteiger partial charge is 0.421 e. The number of carbonyl (C=O) groups is 1. The first kappa shape index (κ1) is 22.8. The van der Waals surface area contributed by atoms with Crippen molar-refractivity contribution >= 4 is 40.6 Å². The molecule has 0 aliphatic rings. The summed E-state index contributed by atoms with van der Waals surface area (Å²) in [6.07, 6.45) is 0. The van der Waals surface area contributed by atoms with E-state index in [9.17, 15) is 4.79 Å². The highest BCUT2D eigenvalue weighted by atomic mass is 32.1. The smallest absolute Gasteiger partial charge is 0.347 e. The highest BCUT2D eigenvalue weighted by molar-refractivity contribution is 7.80. The zero-order valence-electron chi connectivity index (χ0n) is 18.6. The van der Waals surface area contributed by atoms with Crippen molar-refractivity contribution in [2.75, 3.05) is 16.4 Å². The van der Waals surface area contributed by atoms with Gasteiger partial charge in [-0.05, 0) is 62.0 Å². The molecule has 2 heterocycles. The third-order valence-corrected chi connectivity index (χ3v) is 5.09. The van der Waals surface area contributed by atoms with Gasteiger partial charge in [0.05, 0.1) is 11.4 Å². The lowest BCUT2D eigenvalue weighted by Crippen LogP contribution is -2.21. The molecule has 0 fully saturated rings. The van der Waals surface area contributed by atoms with Gasteiger partial charge in [0.2, 0.25) is 0 Å². The maximum Gasteiger partial charge on any atom is 0.347 e. The quantitative estimate of drug-likeness (QED) is 0.216. The standard InChI is InChI=1S/C25H22N6O2S/c1-15-14-16(2)27-23(26)22(15)24(32)33-20-11-7-6-10-19(20)28-25(34)29-21-13-12-18(30-31-21)17-8-4-3-5-9-17/h3-14H,1-2H3,(H2,26,27)(H2,28,29,31,34). The highest BCUT2D eigenvalue weighted by Gasteiger charge is 2.19. The number of nitrogens with one attached hydrogen (secondary N) is 2. The van der Waals surface area contributed by atoms with Gasteiger partial charge in [-0.2, -0.15) is 0 Å². The minimum Gasteiger partial charge on any atom is -0.421 e. The summed E-state index contributed by atoms with van der Waals surface area (Å²) in [6.45, 7) is 3.60. The number of nitrogens with two attached hydrogens (primary N) is 1. The van der Waals surface area contributed by atoms with E-state index in [0.717, 1.165) is 17.0 Å². The number of esters is 1. The highest BCUT2D eigenvalue weighted by Crippen LogP contribution is 2.27. The van der Waals surface area contributed by atoms with Crippen LogP contribution in [0, 0.1) is 13.8 Å². The van der Waals surface area contributed by atoms with Crippen molar-refractivity contribution in [3.8, 4) is 17.0 Å². The number of aromatic nitrogens is 3. The third-order valence-electron chi connectivity index (χ3n) is 4.89. The number of rotatable bonds is 5. The summed E-state index contributed by atoms with van der Waals surface area (Å²) in [5.41, 5.74) is 9.83. The van der Waals surface area contributed by atoms with Gasteiger partial charge >= 0.3 is 5.97 Å². The maximum atomic E-state index is 12.8. The molecular weight excluding hydrogens is 448 g/mol. The number of nitrogens with zero attached hydrogens (tertiary/aromatic N) is 3. The zero-order valence-corrected chi connectivity index (χ0v) is 19.4. The summed E-state index contributed by atoms with van der Waals surface area (Å²) in [7, 11) is 0. The van der Waals surface area contributed by atoms with E-state index in [1.54, 1.807) is 43.3 Å². The molecule has 170 valence electrons. The van der Waals surface area contributed by atoms with Crippen LogP contribution in [0.1, 0.15) is 21.6 Å². The summed E-state index contributed by atoms with van der Waals surface area (Å²) < 4.78 is 5.61. The molecule has 4 aromatic rings. The molecule has 0 spiro atoms. The number of benzene rings is 2. The second kappa shape index (κ2) is 10.1. The fourth-order valence-corrected chi connectivity index (χ4v) is 3.59. The second-order valence-electron chi connectivity index (χ2n) is 7.48. The second-order valence-corrected chi connectivity index (χ2v) is 7.88. The van der Waals surface area contributed by atoms with Crippen molar-refractivity contribution in [2.24, 2.45) is 0 Å². The molecule has 0 saturated carbocycles. The van der Waals surface area contributed by atoms with Gasteiger partial charge in [0.15, 0.2) is 16.7 Å². The number of anilines is 3. The Morgan fingerprint density at radius 3 is 2.38 bits per heavy atom. The number of aryl methyl sites for hydroxylation is 2. The van der Waals surface area contributed by atoms with Gasteiger partial charge in [-0.1, -0.05) is 42.5 Å². The molecule has 0 unspecified atom stereocenters. The Balaban J connectivity index is 1.45. The van der Waals surface area contributed by atoms with Crippen LogP contribution in [0.4, 0.5) is 17.3 Å². The molecule has 34 heavy (non-hydrogen) atoms. The first-order valence-electron chi connectivity index (χ1n) is 10.4. The SMILES string of the molecule is Cc1cc(C)c(C(=O)Oc2ccccc2NC(=S)Nc2ccc(-c3ccccc3)nn2)c(N)n1. The molecule has 0 bridgehead atoms. The van der Waals surface area contributed by atoms with E-state index in [1.165, 1.54) is 0 Å². The molecule has 0 radical (unpaired) electrons.